The third kappa shape index (κ3) is 2.58. The molecular formula is C16H13ClN2O2. The lowest BCUT2D eigenvalue weighted by Gasteiger charge is -2.05. The van der Waals surface area contributed by atoms with Crippen molar-refractivity contribution in [3.05, 3.63) is 76.4 Å². The van der Waals surface area contributed by atoms with Crippen molar-refractivity contribution in [2.45, 2.75) is 0 Å². The van der Waals surface area contributed by atoms with Crippen molar-refractivity contribution in [1.82, 2.24) is 9.13 Å². The molecule has 4 nitrogen and oxygen atoms in total. The number of aromatic nitrogens is 2. The van der Waals surface area contributed by atoms with Crippen LogP contribution in [0.15, 0.2) is 65.7 Å². The van der Waals surface area contributed by atoms with Crippen LogP contribution in [0.5, 0.6) is 5.75 Å². The first-order valence-corrected chi connectivity index (χ1v) is 6.77. The molecule has 21 heavy (non-hydrogen) atoms. The molecule has 0 bridgehead atoms. The fourth-order valence-corrected chi connectivity index (χ4v) is 2.26. The highest BCUT2D eigenvalue weighted by Gasteiger charge is 2.07. The predicted octanol–water partition coefficient (Wildman–Crippen LogP) is 3.29. The minimum atomic E-state index is -0.148. The van der Waals surface area contributed by atoms with Crippen molar-refractivity contribution in [3.8, 4) is 17.1 Å². The Balaban J connectivity index is 2.06. The number of nitrogens with zero attached hydrogens (tertiary/aromatic N) is 2. The average molecular weight is 301 g/mol. The number of hydrogen-bond acceptors (Lipinski definition) is 2. The average Bonchev–Trinajstić information content (AvgIpc) is 2.90. The second-order valence-corrected chi connectivity index (χ2v) is 4.94. The van der Waals surface area contributed by atoms with Crippen LogP contribution in [0, 0.1) is 0 Å². The Kier molecular flexibility index (Phi) is 3.54. The van der Waals surface area contributed by atoms with E-state index in [-0.39, 0.29) is 5.69 Å². The molecule has 0 aliphatic carbocycles. The highest BCUT2D eigenvalue weighted by molar-refractivity contribution is 6.30. The summed E-state index contributed by atoms with van der Waals surface area (Å²) in [5, 5.41) is 0.638. The van der Waals surface area contributed by atoms with Gasteiger partial charge in [-0.3, -0.25) is 9.13 Å². The summed E-state index contributed by atoms with van der Waals surface area (Å²) < 4.78 is 8.32. The summed E-state index contributed by atoms with van der Waals surface area (Å²) in [4.78, 5) is 12.5. The van der Waals surface area contributed by atoms with Gasteiger partial charge in [-0.2, -0.15) is 0 Å². The van der Waals surface area contributed by atoms with Gasteiger partial charge in [-0.05, 0) is 36.4 Å². The molecule has 106 valence electrons. The van der Waals surface area contributed by atoms with E-state index in [2.05, 4.69) is 0 Å². The number of halogens is 1. The van der Waals surface area contributed by atoms with Crippen LogP contribution in [0.2, 0.25) is 5.02 Å². The highest BCUT2D eigenvalue weighted by Crippen LogP contribution is 2.16. The number of imidazole rings is 1. The molecule has 0 atom stereocenters. The Bertz CT molecular complexity index is 819. The molecule has 0 radical (unpaired) electrons. The summed E-state index contributed by atoms with van der Waals surface area (Å²) in [5.41, 5.74) is 1.38. The Labute approximate surface area is 126 Å². The van der Waals surface area contributed by atoms with Crippen molar-refractivity contribution in [2.75, 3.05) is 7.11 Å². The first kappa shape index (κ1) is 13.5. The van der Waals surface area contributed by atoms with Gasteiger partial charge in [0.05, 0.1) is 18.5 Å². The fraction of sp³-hybridized carbons (Fsp3) is 0.0625. The molecule has 2 aromatic carbocycles. The van der Waals surface area contributed by atoms with Gasteiger partial charge >= 0.3 is 5.69 Å². The lowest BCUT2D eigenvalue weighted by atomic mass is 10.3. The molecule has 3 rings (SSSR count). The zero-order valence-electron chi connectivity index (χ0n) is 11.4. The van der Waals surface area contributed by atoms with Crippen molar-refractivity contribution in [2.24, 2.45) is 0 Å². The number of hydrogen-bond donors (Lipinski definition) is 0. The normalized spacial score (nSPS) is 10.6. The van der Waals surface area contributed by atoms with Crippen LogP contribution in [0.25, 0.3) is 11.4 Å². The minimum Gasteiger partial charge on any atom is -0.497 e. The predicted molar refractivity (Wildman–Crippen MR) is 82.9 cm³/mol. The fourth-order valence-electron chi connectivity index (χ4n) is 2.13. The van der Waals surface area contributed by atoms with Crippen molar-refractivity contribution >= 4 is 11.6 Å². The summed E-state index contributed by atoms with van der Waals surface area (Å²) in [6, 6.07) is 14.5. The standard InChI is InChI=1S/C16H13ClN2O2/c1-21-15-4-2-3-14(11-15)19-10-9-18(16(19)20)13-7-5-12(17)6-8-13/h2-11H,1H3. The molecule has 0 saturated heterocycles. The number of benzene rings is 2. The lowest BCUT2D eigenvalue weighted by molar-refractivity contribution is 0.414. The topological polar surface area (TPSA) is 36.2 Å². The van der Waals surface area contributed by atoms with E-state index >= 15 is 0 Å². The monoisotopic (exact) mass is 300 g/mol. The number of rotatable bonds is 3. The van der Waals surface area contributed by atoms with Crippen molar-refractivity contribution in [1.29, 1.82) is 0 Å². The summed E-state index contributed by atoms with van der Waals surface area (Å²) >= 11 is 5.87. The maximum atomic E-state index is 12.5. The second kappa shape index (κ2) is 5.50. The third-order valence-electron chi connectivity index (χ3n) is 3.21. The molecule has 5 heteroatoms. The van der Waals surface area contributed by atoms with E-state index in [0.717, 1.165) is 11.4 Å². The zero-order chi connectivity index (χ0) is 14.8. The van der Waals surface area contributed by atoms with Gasteiger partial charge in [0.1, 0.15) is 5.75 Å². The first-order valence-electron chi connectivity index (χ1n) is 6.39. The molecular weight excluding hydrogens is 288 g/mol. The molecule has 1 heterocycles. The molecule has 0 aliphatic heterocycles. The molecule has 0 N–H and O–H groups in total. The molecule has 0 spiro atoms. The van der Waals surface area contributed by atoms with Gasteiger partial charge in [-0.25, -0.2) is 4.79 Å². The van der Waals surface area contributed by atoms with Gasteiger partial charge in [0, 0.05) is 23.5 Å². The van der Waals surface area contributed by atoms with E-state index in [1.54, 1.807) is 52.9 Å². The molecule has 0 saturated carbocycles. The van der Waals surface area contributed by atoms with E-state index in [0.29, 0.717) is 10.8 Å². The number of methoxy groups -OCH3 is 1. The largest absolute Gasteiger partial charge is 0.497 e. The molecule has 3 aromatic rings. The van der Waals surface area contributed by atoms with E-state index in [9.17, 15) is 4.79 Å². The Morgan fingerprint density at radius 1 is 0.952 bits per heavy atom. The zero-order valence-corrected chi connectivity index (χ0v) is 12.1. The quantitative estimate of drug-likeness (QED) is 0.744. The second-order valence-electron chi connectivity index (χ2n) is 4.50. The molecule has 0 amide bonds. The summed E-state index contributed by atoms with van der Waals surface area (Å²) in [5.74, 6) is 0.707. The van der Waals surface area contributed by atoms with Crippen LogP contribution in [-0.2, 0) is 0 Å². The van der Waals surface area contributed by atoms with Gasteiger partial charge < -0.3 is 4.74 Å². The van der Waals surface area contributed by atoms with Crippen LogP contribution >= 0.6 is 11.6 Å². The Morgan fingerprint density at radius 3 is 2.29 bits per heavy atom. The van der Waals surface area contributed by atoms with E-state index < -0.39 is 0 Å². The van der Waals surface area contributed by atoms with Crippen LogP contribution in [-0.4, -0.2) is 16.2 Å². The van der Waals surface area contributed by atoms with Gasteiger partial charge in [-0.15, -0.1) is 0 Å². The Hall–Kier alpha value is -2.46. The van der Waals surface area contributed by atoms with Crippen LogP contribution in [0.3, 0.4) is 0 Å². The van der Waals surface area contributed by atoms with E-state index in [1.165, 1.54) is 0 Å². The smallest absolute Gasteiger partial charge is 0.337 e. The number of ether oxygens (including phenoxy) is 1. The van der Waals surface area contributed by atoms with E-state index in [4.69, 9.17) is 16.3 Å². The maximum Gasteiger partial charge on any atom is 0.337 e. The van der Waals surface area contributed by atoms with Crippen LogP contribution < -0.4 is 10.4 Å². The van der Waals surface area contributed by atoms with Gasteiger partial charge in [0.25, 0.3) is 0 Å². The SMILES string of the molecule is COc1cccc(-n2ccn(-c3ccc(Cl)cc3)c2=O)c1. The van der Waals surface area contributed by atoms with Crippen molar-refractivity contribution < 1.29 is 4.74 Å². The summed E-state index contributed by atoms with van der Waals surface area (Å²) in [6.45, 7) is 0. The van der Waals surface area contributed by atoms with E-state index in [1.807, 2.05) is 24.3 Å². The molecule has 0 unspecified atom stereocenters. The molecule has 0 fully saturated rings. The third-order valence-corrected chi connectivity index (χ3v) is 3.47. The van der Waals surface area contributed by atoms with Crippen molar-refractivity contribution in [3.63, 3.8) is 0 Å². The maximum absolute atomic E-state index is 12.5. The van der Waals surface area contributed by atoms with Crippen LogP contribution in [0.1, 0.15) is 0 Å². The van der Waals surface area contributed by atoms with Gasteiger partial charge in [0.2, 0.25) is 0 Å². The van der Waals surface area contributed by atoms with Crippen LogP contribution in [0.4, 0.5) is 0 Å². The Morgan fingerprint density at radius 2 is 1.62 bits per heavy atom. The summed E-state index contributed by atoms with van der Waals surface area (Å²) in [6.07, 6.45) is 3.46. The molecule has 1 aromatic heterocycles. The highest BCUT2D eigenvalue weighted by atomic mass is 35.5. The molecule has 0 aliphatic rings. The first-order chi connectivity index (χ1) is 10.2. The van der Waals surface area contributed by atoms with Gasteiger partial charge in [-0.1, -0.05) is 17.7 Å². The lowest BCUT2D eigenvalue weighted by Crippen LogP contribution is -2.21. The van der Waals surface area contributed by atoms with Gasteiger partial charge in [0.15, 0.2) is 0 Å². The summed E-state index contributed by atoms with van der Waals surface area (Å²) in [7, 11) is 1.60. The minimum absolute atomic E-state index is 0.148.